The van der Waals surface area contributed by atoms with Crippen molar-refractivity contribution in [2.75, 3.05) is 7.11 Å². The number of carbonyl (C=O) groups excluding carboxylic acids is 1. The minimum Gasteiger partial charge on any atom is -0.497 e. The molecule has 0 fully saturated rings. The fourth-order valence-corrected chi connectivity index (χ4v) is 5.16. The number of nitrogens with one attached hydrogen (secondary N) is 1. The van der Waals surface area contributed by atoms with Crippen LogP contribution in [-0.2, 0) is 11.3 Å². The first kappa shape index (κ1) is 22.4. The zero-order valence-electron chi connectivity index (χ0n) is 18.2. The predicted octanol–water partition coefficient (Wildman–Crippen LogP) is 5.37. The summed E-state index contributed by atoms with van der Waals surface area (Å²) in [6.07, 6.45) is 1.62. The molecule has 0 aliphatic heterocycles. The van der Waals surface area contributed by atoms with Crippen LogP contribution in [0.4, 0.5) is 4.79 Å². The fraction of sp³-hybridized carbons (Fsp3) is 0.192. The van der Waals surface area contributed by atoms with Crippen molar-refractivity contribution in [3.63, 3.8) is 0 Å². The lowest BCUT2D eigenvalue weighted by atomic mass is 10.1. The molecular formula is C26H29NO3Si. The molecule has 3 aromatic rings. The average Bonchev–Trinajstić information content (AvgIpc) is 2.82. The Morgan fingerprint density at radius 1 is 0.935 bits per heavy atom. The maximum atomic E-state index is 12.5. The molecule has 3 aromatic carbocycles. The van der Waals surface area contributed by atoms with Gasteiger partial charge in [0.1, 0.15) is 20.4 Å². The standard InChI is InChI=1S/C26H29NO3Si/c1-29-23-16-14-22(15-17-23)25(18-19-31(2,3)24-12-8-5-9-13-24)27-26(28)30-20-21-10-6-4-7-11-21/h4-19,25H,20H2,1-3H3,(H,27,28)/b19-18+. The number of hydrogen-bond donors (Lipinski definition) is 1. The van der Waals surface area contributed by atoms with Crippen LogP contribution in [0.2, 0.25) is 13.1 Å². The van der Waals surface area contributed by atoms with Crippen LogP contribution >= 0.6 is 0 Å². The molecule has 3 rings (SSSR count). The molecule has 0 spiro atoms. The van der Waals surface area contributed by atoms with Crippen LogP contribution in [0.15, 0.2) is 96.7 Å². The van der Waals surface area contributed by atoms with Gasteiger partial charge >= 0.3 is 6.09 Å². The summed E-state index contributed by atoms with van der Waals surface area (Å²) in [4.78, 5) is 12.5. The quantitative estimate of drug-likeness (QED) is 0.488. The minimum atomic E-state index is -1.81. The molecule has 0 bridgehead atoms. The third kappa shape index (κ3) is 6.59. The van der Waals surface area contributed by atoms with Gasteiger partial charge in [-0.1, -0.05) is 103 Å². The van der Waals surface area contributed by atoms with E-state index >= 15 is 0 Å². The second-order valence-electron chi connectivity index (χ2n) is 7.90. The molecule has 0 saturated heterocycles. The van der Waals surface area contributed by atoms with Crippen molar-refractivity contribution in [1.82, 2.24) is 5.32 Å². The number of amides is 1. The first-order chi connectivity index (χ1) is 15.0. The predicted molar refractivity (Wildman–Crippen MR) is 128 cm³/mol. The van der Waals surface area contributed by atoms with Gasteiger partial charge in [-0.2, -0.15) is 0 Å². The Morgan fingerprint density at radius 2 is 1.55 bits per heavy atom. The third-order valence-electron chi connectivity index (χ3n) is 5.18. The van der Waals surface area contributed by atoms with Crippen molar-refractivity contribution in [2.45, 2.75) is 25.7 Å². The molecule has 160 valence electrons. The highest BCUT2D eigenvalue weighted by molar-refractivity contribution is 6.93. The summed E-state index contributed by atoms with van der Waals surface area (Å²) in [6, 6.07) is 27.6. The van der Waals surface area contributed by atoms with E-state index in [0.717, 1.165) is 16.9 Å². The Morgan fingerprint density at radius 3 is 2.16 bits per heavy atom. The molecule has 0 heterocycles. The van der Waals surface area contributed by atoms with Gasteiger partial charge in [0.05, 0.1) is 13.2 Å². The molecule has 4 nitrogen and oxygen atoms in total. The molecule has 5 heteroatoms. The number of hydrogen-bond acceptors (Lipinski definition) is 3. The van der Waals surface area contributed by atoms with Crippen LogP contribution in [0, 0.1) is 0 Å². The summed E-state index contributed by atoms with van der Waals surface area (Å²) in [5, 5.41) is 4.34. The third-order valence-corrected chi connectivity index (χ3v) is 8.03. The molecule has 0 aliphatic rings. The Labute approximate surface area is 185 Å². The zero-order chi connectivity index (χ0) is 22.1. The van der Waals surface area contributed by atoms with Crippen molar-refractivity contribution in [1.29, 1.82) is 0 Å². The van der Waals surface area contributed by atoms with E-state index in [1.165, 1.54) is 5.19 Å². The van der Waals surface area contributed by atoms with Crippen LogP contribution in [0.3, 0.4) is 0 Å². The van der Waals surface area contributed by atoms with Gasteiger partial charge in [-0.05, 0) is 23.3 Å². The number of rotatable bonds is 8. The van der Waals surface area contributed by atoms with Crippen LogP contribution < -0.4 is 15.2 Å². The van der Waals surface area contributed by atoms with Gasteiger partial charge in [-0.15, -0.1) is 0 Å². The highest BCUT2D eigenvalue weighted by atomic mass is 28.3. The number of carbonyl (C=O) groups is 1. The molecule has 1 atom stereocenters. The first-order valence-electron chi connectivity index (χ1n) is 10.3. The fourth-order valence-electron chi connectivity index (χ4n) is 3.25. The highest BCUT2D eigenvalue weighted by Crippen LogP contribution is 2.20. The number of benzene rings is 3. The Bertz CT molecular complexity index is 986. The molecule has 0 radical (unpaired) electrons. The van der Waals surface area contributed by atoms with E-state index in [0.29, 0.717) is 0 Å². The Balaban J connectivity index is 1.76. The van der Waals surface area contributed by atoms with E-state index in [1.54, 1.807) is 7.11 Å². The first-order valence-corrected chi connectivity index (χ1v) is 13.4. The summed E-state index contributed by atoms with van der Waals surface area (Å²) < 4.78 is 10.7. The summed E-state index contributed by atoms with van der Waals surface area (Å²) in [7, 11) is -0.174. The van der Waals surface area contributed by atoms with E-state index in [4.69, 9.17) is 9.47 Å². The van der Waals surface area contributed by atoms with E-state index in [2.05, 4.69) is 54.5 Å². The topological polar surface area (TPSA) is 47.6 Å². The van der Waals surface area contributed by atoms with Crippen molar-refractivity contribution < 1.29 is 14.3 Å². The highest BCUT2D eigenvalue weighted by Gasteiger charge is 2.21. The SMILES string of the molecule is COc1ccc(C(/C=C/[Si](C)(C)c2ccccc2)NC(=O)OCc2ccccc2)cc1. The van der Waals surface area contributed by atoms with Crippen LogP contribution in [0.25, 0.3) is 0 Å². The average molecular weight is 432 g/mol. The lowest BCUT2D eigenvalue weighted by Gasteiger charge is -2.21. The lowest BCUT2D eigenvalue weighted by molar-refractivity contribution is 0.137. The van der Waals surface area contributed by atoms with E-state index in [9.17, 15) is 4.79 Å². The van der Waals surface area contributed by atoms with Gasteiger partial charge in [0, 0.05) is 0 Å². The number of methoxy groups -OCH3 is 1. The molecular weight excluding hydrogens is 402 g/mol. The van der Waals surface area contributed by atoms with Gasteiger partial charge in [0.15, 0.2) is 0 Å². The molecule has 0 aliphatic carbocycles. The smallest absolute Gasteiger partial charge is 0.408 e. The van der Waals surface area contributed by atoms with E-state index in [1.807, 2.05) is 60.7 Å². The molecule has 1 amide bonds. The molecule has 0 aromatic heterocycles. The van der Waals surface area contributed by atoms with Crippen molar-refractivity contribution >= 4 is 19.4 Å². The number of ether oxygens (including phenoxy) is 2. The summed E-state index contributed by atoms with van der Waals surface area (Å²) in [5.74, 6) is 0.775. The molecule has 1 unspecified atom stereocenters. The van der Waals surface area contributed by atoms with Crippen LogP contribution in [0.5, 0.6) is 5.75 Å². The maximum Gasteiger partial charge on any atom is 0.408 e. The minimum absolute atomic E-state index is 0.232. The summed E-state index contributed by atoms with van der Waals surface area (Å²) in [5.41, 5.74) is 4.17. The van der Waals surface area contributed by atoms with Crippen molar-refractivity contribution in [3.8, 4) is 5.75 Å². The van der Waals surface area contributed by atoms with Crippen molar-refractivity contribution in [3.05, 3.63) is 108 Å². The summed E-state index contributed by atoms with van der Waals surface area (Å²) >= 11 is 0. The second kappa shape index (κ2) is 10.6. The molecule has 0 saturated carbocycles. The molecule has 31 heavy (non-hydrogen) atoms. The van der Waals surface area contributed by atoms with Crippen LogP contribution in [-0.4, -0.2) is 21.3 Å². The van der Waals surface area contributed by atoms with Gasteiger partial charge in [-0.25, -0.2) is 4.79 Å². The Kier molecular flexibility index (Phi) is 7.68. The number of alkyl carbamates (subject to hydrolysis) is 1. The second-order valence-corrected chi connectivity index (χ2v) is 12.3. The van der Waals surface area contributed by atoms with Crippen LogP contribution in [0.1, 0.15) is 17.2 Å². The monoisotopic (exact) mass is 431 g/mol. The normalized spacial score (nSPS) is 12.4. The van der Waals surface area contributed by atoms with E-state index < -0.39 is 14.2 Å². The van der Waals surface area contributed by atoms with Gasteiger partial charge in [-0.3, -0.25) is 0 Å². The molecule has 1 N–H and O–H groups in total. The Hall–Kier alpha value is -3.31. The van der Waals surface area contributed by atoms with E-state index in [-0.39, 0.29) is 12.6 Å². The van der Waals surface area contributed by atoms with Gasteiger partial charge < -0.3 is 14.8 Å². The maximum absolute atomic E-state index is 12.5. The largest absolute Gasteiger partial charge is 0.497 e. The zero-order valence-corrected chi connectivity index (χ0v) is 19.2. The summed E-state index contributed by atoms with van der Waals surface area (Å²) in [6.45, 7) is 4.81. The van der Waals surface area contributed by atoms with Gasteiger partial charge in [0.2, 0.25) is 0 Å². The lowest BCUT2D eigenvalue weighted by Crippen LogP contribution is -2.39. The van der Waals surface area contributed by atoms with Crippen molar-refractivity contribution in [2.24, 2.45) is 0 Å². The van der Waals surface area contributed by atoms with Gasteiger partial charge in [0.25, 0.3) is 0 Å².